The summed E-state index contributed by atoms with van der Waals surface area (Å²) in [6.45, 7) is 0. The van der Waals surface area contributed by atoms with Gasteiger partial charge >= 0.3 is 0 Å². The first kappa shape index (κ1) is 14.4. The maximum atomic E-state index is 12.7. The maximum Gasteiger partial charge on any atom is 0.198 e. The molecule has 1 fully saturated rings. The van der Waals surface area contributed by atoms with E-state index < -0.39 is 29.7 Å². The van der Waals surface area contributed by atoms with E-state index in [0.717, 1.165) is 0 Å². The minimum Gasteiger partial charge on any atom is -0.507 e. The summed E-state index contributed by atoms with van der Waals surface area (Å²) in [6.07, 6.45) is -0.579. The van der Waals surface area contributed by atoms with Crippen LogP contribution in [0.15, 0.2) is 46.7 Å². The Bertz CT molecular complexity index is 801. The number of allylic oxidation sites excluding steroid dienone is 1. The van der Waals surface area contributed by atoms with Crippen LogP contribution in [-0.2, 0) is 0 Å². The second kappa shape index (κ2) is 4.88. The van der Waals surface area contributed by atoms with Gasteiger partial charge in [-0.2, -0.15) is 0 Å². The van der Waals surface area contributed by atoms with Gasteiger partial charge in [0.15, 0.2) is 11.6 Å². The molecule has 118 valence electrons. The molecule has 0 radical (unpaired) electrons. The summed E-state index contributed by atoms with van der Waals surface area (Å²) in [7, 11) is 0. The van der Waals surface area contributed by atoms with Crippen molar-refractivity contribution in [1.82, 2.24) is 0 Å². The summed E-state index contributed by atoms with van der Waals surface area (Å²) in [4.78, 5) is 25.5. The molecule has 3 aliphatic rings. The summed E-state index contributed by atoms with van der Waals surface area (Å²) in [6, 6.07) is 6.44. The van der Waals surface area contributed by atoms with Gasteiger partial charge in [0.25, 0.3) is 0 Å². The fraction of sp³-hybridized carbons (Fsp3) is 0.333. The predicted molar refractivity (Wildman–Crippen MR) is 81.1 cm³/mol. The first-order valence-corrected chi connectivity index (χ1v) is 7.71. The molecular formula is C18H16O5. The standard InChI is InChI=1S/C18H16O5/c19-8-5-6-11-12(7-8)18(23)14-13(17(11)22)15(20)9-3-1-2-4-10(9)16(14)21/h1-4,8,12,18-19,22-23H,5-7H2. The zero-order chi connectivity index (χ0) is 16.3. The summed E-state index contributed by atoms with van der Waals surface area (Å²) in [5.74, 6) is -1.55. The van der Waals surface area contributed by atoms with Crippen LogP contribution in [0.5, 0.6) is 0 Å². The highest BCUT2D eigenvalue weighted by Gasteiger charge is 2.46. The van der Waals surface area contributed by atoms with Gasteiger partial charge in [-0.05, 0) is 24.8 Å². The number of rotatable bonds is 0. The van der Waals surface area contributed by atoms with Crippen LogP contribution >= 0.6 is 0 Å². The second-order valence-corrected chi connectivity index (χ2v) is 6.35. The number of carbonyl (C=O) groups is 2. The maximum absolute atomic E-state index is 12.7. The van der Waals surface area contributed by atoms with Crippen LogP contribution in [0, 0.1) is 5.92 Å². The van der Waals surface area contributed by atoms with Crippen LogP contribution in [0.3, 0.4) is 0 Å². The molecule has 1 aromatic carbocycles. The van der Waals surface area contributed by atoms with E-state index in [1.54, 1.807) is 24.3 Å². The molecule has 3 aliphatic carbocycles. The molecule has 3 N–H and O–H groups in total. The lowest BCUT2D eigenvalue weighted by Gasteiger charge is -2.39. The molecule has 5 heteroatoms. The van der Waals surface area contributed by atoms with Crippen LogP contribution in [0.25, 0.3) is 0 Å². The Morgan fingerprint density at radius 2 is 1.65 bits per heavy atom. The molecule has 3 atom stereocenters. The summed E-state index contributed by atoms with van der Waals surface area (Å²) in [5, 5.41) is 31.1. The van der Waals surface area contributed by atoms with Crippen LogP contribution < -0.4 is 0 Å². The Balaban J connectivity index is 1.93. The number of benzene rings is 1. The van der Waals surface area contributed by atoms with E-state index in [2.05, 4.69) is 0 Å². The van der Waals surface area contributed by atoms with Gasteiger partial charge < -0.3 is 15.3 Å². The van der Waals surface area contributed by atoms with Crippen molar-refractivity contribution in [3.63, 3.8) is 0 Å². The Morgan fingerprint density at radius 3 is 2.35 bits per heavy atom. The van der Waals surface area contributed by atoms with Gasteiger partial charge in [0.1, 0.15) is 5.76 Å². The second-order valence-electron chi connectivity index (χ2n) is 6.35. The number of aliphatic hydroxyl groups is 3. The molecule has 5 nitrogen and oxygen atoms in total. The number of Topliss-reactive ketones (excluding diaryl/α,β-unsaturated/α-hetero) is 2. The monoisotopic (exact) mass is 312 g/mol. The topological polar surface area (TPSA) is 94.8 Å². The highest BCUT2D eigenvalue weighted by Crippen LogP contribution is 2.45. The average molecular weight is 312 g/mol. The molecular weight excluding hydrogens is 296 g/mol. The number of aliphatic hydroxyl groups excluding tert-OH is 3. The van der Waals surface area contributed by atoms with Crippen molar-refractivity contribution in [2.75, 3.05) is 0 Å². The first-order chi connectivity index (χ1) is 11.0. The molecule has 0 aromatic heterocycles. The van der Waals surface area contributed by atoms with Crippen LogP contribution in [0.4, 0.5) is 0 Å². The van der Waals surface area contributed by atoms with Gasteiger partial charge in [0, 0.05) is 22.6 Å². The minimum atomic E-state index is -1.17. The van der Waals surface area contributed by atoms with Crippen molar-refractivity contribution >= 4 is 11.6 Å². The molecule has 4 rings (SSSR count). The van der Waals surface area contributed by atoms with Crippen molar-refractivity contribution in [3.8, 4) is 0 Å². The molecule has 0 saturated heterocycles. The van der Waals surface area contributed by atoms with Crippen LogP contribution in [-0.4, -0.2) is 39.1 Å². The Kier molecular flexibility index (Phi) is 3.04. The molecule has 1 saturated carbocycles. The van der Waals surface area contributed by atoms with E-state index in [9.17, 15) is 24.9 Å². The third-order valence-electron chi connectivity index (χ3n) is 5.10. The van der Waals surface area contributed by atoms with Gasteiger partial charge in [-0.1, -0.05) is 24.3 Å². The third kappa shape index (κ3) is 1.87. The van der Waals surface area contributed by atoms with E-state index in [4.69, 9.17) is 0 Å². The Hall–Kier alpha value is -2.24. The normalized spacial score (nSPS) is 30.1. The van der Waals surface area contributed by atoms with Gasteiger partial charge in [0.05, 0.1) is 17.8 Å². The summed E-state index contributed by atoms with van der Waals surface area (Å²) in [5.41, 5.74) is 0.979. The highest BCUT2D eigenvalue weighted by atomic mass is 16.3. The number of ketones is 2. The van der Waals surface area contributed by atoms with E-state index in [0.29, 0.717) is 18.4 Å². The zero-order valence-electron chi connectivity index (χ0n) is 12.3. The smallest absolute Gasteiger partial charge is 0.198 e. The van der Waals surface area contributed by atoms with Gasteiger partial charge in [0.2, 0.25) is 0 Å². The van der Waals surface area contributed by atoms with Crippen molar-refractivity contribution in [2.45, 2.75) is 31.5 Å². The lowest BCUT2D eigenvalue weighted by Crippen LogP contribution is -2.41. The highest BCUT2D eigenvalue weighted by molar-refractivity contribution is 6.28. The van der Waals surface area contributed by atoms with Crippen LogP contribution in [0.2, 0.25) is 0 Å². The van der Waals surface area contributed by atoms with Gasteiger partial charge in [-0.3, -0.25) is 9.59 Å². The number of hydrogen-bond donors (Lipinski definition) is 3. The van der Waals surface area contributed by atoms with Gasteiger partial charge in [-0.15, -0.1) is 0 Å². The number of hydrogen-bond acceptors (Lipinski definition) is 5. The SMILES string of the molecule is O=C1C2=C(C(=O)c3ccccc31)C(O)C1CC(O)CCC1=C2O. The largest absolute Gasteiger partial charge is 0.507 e. The predicted octanol–water partition coefficient (Wildman–Crippen LogP) is 1.71. The van der Waals surface area contributed by atoms with E-state index in [1.165, 1.54) is 0 Å². The molecule has 0 bridgehead atoms. The zero-order valence-corrected chi connectivity index (χ0v) is 12.3. The van der Waals surface area contributed by atoms with Crippen molar-refractivity contribution in [3.05, 3.63) is 57.9 Å². The molecule has 3 unspecified atom stereocenters. The molecule has 0 heterocycles. The van der Waals surface area contributed by atoms with E-state index >= 15 is 0 Å². The minimum absolute atomic E-state index is 0.0333. The quantitative estimate of drug-likeness (QED) is 0.678. The summed E-state index contributed by atoms with van der Waals surface area (Å²) >= 11 is 0. The molecule has 1 aromatic rings. The molecule has 0 amide bonds. The average Bonchev–Trinajstić information content (AvgIpc) is 2.56. The van der Waals surface area contributed by atoms with Crippen molar-refractivity contribution < 1.29 is 24.9 Å². The fourth-order valence-electron chi connectivity index (χ4n) is 3.95. The first-order valence-electron chi connectivity index (χ1n) is 7.71. The van der Waals surface area contributed by atoms with E-state index in [1.807, 2.05) is 0 Å². The lowest BCUT2D eigenvalue weighted by molar-refractivity contribution is 0.0600. The lowest BCUT2D eigenvalue weighted by atomic mass is 9.67. The van der Waals surface area contributed by atoms with Crippen LogP contribution in [0.1, 0.15) is 40.0 Å². The van der Waals surface area contributed by atoms with E-state index in [-0.39, 0.29) is 34.5 Å². The van der Waals surface area contributed by atoms with Crippen molar-refractivity contribution in [1.29, 1.82) is 0 Å². The third-order valence-corrected chi connectivity index (χ3v) is 5.10. The number of carbonyl (C=O) groups excluding carboxylic acids is 2. The number of fused-ring (bicyclic) bond motifs is 2. The Labute approximate surface area is 132 Å². The fourth-order valence-corrected chi connectivity index (χ4v) is 3.95. The molecule has 0 aliphatic heterocycles. The molecule has 23 heavy (non-hydrogen) atoms. The summed E-state index contributed by atoms with van der Waals surface area (Å²) < 4.78 is 0. The van der Waals surface area contributed by atoms with Crippen molar-refractivity contribution in [2.24, 2.45) is 5.92 Å². The Morgan fingerprint density at radius 1 is 1.00 bits per heavy atom. The molecule has 0 spiro atoms. The van der Waals surface area contributed by atoms with Gasteiger partial charge in [-0.25, -0.2) is 0 Å².